The topological polar surface area (TPSA) is 237 Å². The van der Waals surface area contributed by atoms with Gasteiger partial charge in [-0.2, -0.15) is 0 Å². The average Bonchev–Trinajstić information content (AvgIpc) is 1.20. The molecule has 558 valence electrons. The fourth-order valence-corrected chi connectivity index (χ4v) is 13.0. The van der Waals surface area contributed by atoms with Crippen LogP contribution in [0.3, 0.4) is 0 Å². The number of aliphatic hydroxyl groups excluding tert-OH is 1. The second-order valence-electron chi connectivity index (χ2n) is 27.8. The highest BCUT2D eigenvalue weighted by Gasteiger charge is 2.30. The zero-order chi connectivity index (χ0) is 69.3. The van der Waals surface area contributed by atoms with Crippen molar-refractivity contribution in [2.75, 3.05) is 39.6 Å². The van der Waals surface area contributed by atoms with E-state index in [0.29, 0.717) is 31.6 Å². The van der Waals surface area contributed by atoms with Crippen molar-refractivity contribution in [3.05, 3.63) is 0 Å². The number of rotatable bonds is 74. The molecule has 0 saturated heterocycles. The van der Waals surface area contributed by atoms with Gasteiger partial charge in [0.15, 0.2) is 12.2 Å². The molecule has 0 rings (SSSR count). The third kappa shape index (κ3) is 67.3. The Morgan fingerprint density at radius 1 is 0.309 bits per heavy atom. The Kier molecular flexibility index (Phi) is 65.5. The minimum Gasteiger partial charge on any atom is -0.462 e. The maximum atomic E-state index is 13.1. The molecule has 0 bridgehead atoms. The standard InChI is InChI=1S/C75H146O17P2/c1-7-10-12-14-16-18-19-20-21-22-23-24-28-31-34-40-46-52-58-73(78)86-64-70(91-74(79)59-53-47-41-35-32-29-26-25-27-30-33-38-44-50-56-68(6)9-3)65-89-93(81,82)87-61-69(76)62-88-94(83,84)90-66-71(63-85-72(77)57-51-45-39-17-15-13-11-8-2)92-75(80)60-54-48-42-36-37-43-49-55-67(4)5/h67-71,76H,7-66H2,1-6H3,(H,81,82)(H,83,84)/t68?,69-,70-,71-/m1/s1. The Balaban J connectivity index is 5.19. The van der Waals surface area contributed by atoms with E-state index in [9.17, 15) is 43.2 Å². The van der Waals surface area contributed by atoms with Crippen LogP contribution in [0.4, 0.5) is 0 Å². The van der Waals surface area contributed by atoms with Crippen molar-refractivity contribution in [1.29, 1.82) is 0 Å². The minimum absolute atomic E-state index is 0.103. The largest absolute Gasteiger partial charge is 0.472 e. The Morgan fingerprint density at radius 2 is 0.543 bits per heavy atom. The Hall–Kier alpha value is -1.94. The molecule has 0 aromatic rings. The highest BCUT2D eigenvalue weighted by molar-refractivity contribution is 7.47. The summed E-state index contributed by atoms with van der Waals surface area (Å²) in [7, 11) is -9.90. The lowest BCUT2D eigenvalue weighted by atomic mass is 9.99. The van der Waals surface area contributed by atoms with E-state index in [4.69, 9.17) is 37.0 Å². The molecule has 0 aliphatic rings. The fraction of sp³-hybridized carbons (Fsp3) is 0.947. The molecule has 17 nitrogen and oxygen atoms in total. The summed E-state index contributed by atoms with van der Waals surface area (Å²) in [6.45, 7) is 9.55. The van der Waals surface area contributed by atoms with Gasteiger partial charge in [0.25, 0.3) is 0 Å². The van der Waals surface area contributed by atoms with Crippen molar-refractivity contribution in [2.45, 2.75) is 407 Å². The molecule has 3 unspecified atom stereocenters. The highest BCUT2D eigenvalue weighted by Crippen LogP contribution is 2.45. The van der Waals surface area contributed by atoms with Gasteiger partial charge in [0.05, 0.1) is 26.4 Å². The summed E-state index contributed by atoms with van der Waals surface area (Å²) in [5.41, 5.74) is 0. The second kappa shape index (κ2) is 66.9. The highest BCUT2D eigenvalue weighted by atomic mass is 31.2. The third-order valence-corrected chi connectivity index (χ3v) is 19.7. The molecule has 0 radical (unpaired) electrons. The predicted octanol–water partition coefficient (Wildman–Crippen LogP) is 21.9. The molecule has 0 spiro atoms. The van der Waals surface area contributed by atoms with Crippen molar-refractivity contribution < 1.29 is 80.2 Å². The van der Waals surface area contributed by atoms with Crippen LogP contribution in [-0.2, 0) is 65.4 Å². The Labute approximate surface area is 575 Å². The summed E-state index contributed by atoms with van der Waals surface area (Å²) in [4.78, 5) is 72.6. The molecule has 6 atom stereocenters. The lowest BCUT2D eigenvalue weighted by Crippen LogP contribution is -2.30. The van der Waals surface area contributed by atoms with Crippen LogP contribution in [0.25, 0.3) is 0 Å². The molecule has 3 N–H and O–H groups in total. The zero-order valence-corrected chi connectivity index (χ0v) is 63.1. The predicted molar refractivity (Wildman–Crippen MR) is 381 cm³/mol. The van der Waals surface area contributed by atoms with Gasteiger partial charge in [-0.05, 0) is 37.5 Å². The maximum absolute atomic E-state index is 13.1. The molecule has 0 amide bonds. The number of carbonyl (C=O) groups is 4. The lowest BCUT2D eigenvalue weighted by Gasteiger charge is -2.21. The first-order valence-electron chi connectivity index (χ1n) is 39.0. The second-order valence-corrected chi connectivity index (χ2v) is 30.7. The number of aliphatic hydroxyl groups is 1. The van der Waals surface area contributed by atoms with Crippen molar-refractivity contribution in [2.24, 2.45) is 11.8 Å². The van der Waals surface area contributed by atoms with Crippen LogP contribution < -0.4 is 0 Å². The summed E-state index contributed by atoms with van der Waals surface area (Å²) in [5, 5.41) is 10.6. The van der Waals surface area contributed by atoms with Gasteiger partial charge in [-0.15, -0.1) is 0 Å². The van der Waals surface area contributed by atoms with E-state index in [1.54, 1.807) is 0 Å². The van der Waals surface area contributed by atoms with E-state index in [1.165, 1.54) is 199 Å². The normalized spacial score (nSPS) is 14.3. The van der Waals surface area contributed by atoms with Crippen LogP contribution in [0.1, 0.15) is 388 Å². The van der Waals surface area contributed by atoms with Crippen LogP contribution in [0.15, 0.2) is 0 Å². The van der Waals surface area contributed by atoms with Gasteiger partial charge >= 0.3 is 39.5 Å². The van der Waals surface area contributed by atoms with E-state index in [1.807, 2.05) is 0 Å². The van der Waals surface area contributed by atoms with Gasteiger partial charge in [-0.1, -0.05) is 337 Å². The van der Waals surface area contributed by atoms with E-state index in [-0.39, 0.29) is 25.7 Å². The van der Waals surface area contributed by atoms with Crippen LogP contribution >= 0.6 is 15.6 Å². The van der Waals surface area contributed by atoms with Gasteiger partial charge in [0.1, 0.15) is 19.3 Å². The van der Waals surface area contributed by atoms with Gasteiger partial charge < -0.3 is 33.8 Å². The average molecular weight is 1380 g/mol. The number of ether oxygens (including phenoxy) is 4. The number of phosphoric ester groups is 2. The molecule has 0 aliphatic carbocycles. The van der Waals surface area contributed by atoms with Crippen molar-refractivity contribution in [3.8, 4) is 0 Å². The van der Waals surface area contributed by atoms with Crippen LogP contribution in [-0.4, -0.2) is 96.7 Å². The molecule has 0 fully saturated rings. The molecule has 19 heteroatoms. The molecule has 0 heterocycles. The number of hydrogen-bond donors (Lipinski definition) is 3. The maximum Gasteiger partial charge on any atom is 0.472 e. The SMILES string of the molecule is CCCCCCCCCCCCCCCCCCCCC(=O)OC[C@H](COP(=O)(O)OC[C@@H](O)COP(=O)(O)OC[C@@H](COC(=O)CCCCCCCCCC)OC(=O)CCCCCCCCCC(C)C)OC(=O)CCCCCCCCCCCCCCCCC(C)CC. The van der Waals surface area contributed by atoms with Gasteiger partial charge in [-0.25, -0.2) is 9.13 Å². The van der Waals surface area contributed by atoms with Crippen molar-refractivity contribution >= 4 is 39.5 Å². The monoisotopic (exact) mass is 1380 g/mol. The molecule has 0 aliphatic heterocycles. The van der Waals surface area contributed by atoms with Crippen LogP contribution in [0.5, 0.6) is 0 Å². The van der Waals surface area contributed by atoms with E-state index < -0.39 is 97.5 Å². The van der Waals surface area contributed by atoms with E-state index >= 15 is 0 Å². The fourth-order valence-electron chi connectivity index (χ4n) is 11.4. The summed E-state index contributed by atoms with van der Waals surface area (Å²) in [5.74, 6) is -0.580. The van der Waals surface area contributed by atoms with Gasteiger partial charge in [0.2, 0.25) is 0 Å². The Bertz CT molecular complexity index is 1820. The number of unbranched alkanes of at least 4 members (excludes halogenated alkanes) is 43. The van der Waals surface area contributed by atoms with Gasteiger partial charge in [-0.3, -0.25) is 37.3 Å². The first-order valence-corrected chi connectivity index (χ1v) is 42.0. The number of esters is 4. The van der Waals surface area contributed by atoms with Crippen LogP contribution in [0.2, 0.25) is 0 Å². The van der Waals surface area contributed by atoms with Gasteiger partial charge in [0, 0.05) is 25.7 Å². The van der Waals surface area contributed by atoms with E-state index in [2.05, 4.69) is 41.5 Å². The minimum atomic E-state index is -4.96. The summed E-state index contributed by atoms with van der Waals surface area (Å²) >= 11 is 0. The first kappa shape index (κ1) is 92.1. The molecular formula is C75H146O17P2. The van der Waals surface area contributed by atoms with Crippen molar-refractivity contribution in [3.63, 3.8) is 0 Å². The molecule has 0 aromatic carbocycles. The summed E-state index contributed by atoms with van der Waals surface area (Å²) in [6, 6.07) is 0. The molecule has 94 heavy (non-hydrogen) atoms. The van der Waals surface area contributed by atoms with Crippen LogP contribution in [0, 0.1) is 11.8 Å². The number of hydrogen-bond acceptors (Lipinski definition) is 15. The first-order chi connectivity index (χ1) is 45.4. The third-order valence-electron chi connectivity index (χ3n) is 17.8. The smallest absolute Gasteiger partial charge is 0.462 e. The zero-order valence-electron chi connectivity index (χ0n) is 61.3. The lowest BCUT2D eigenvalue weighted by molar-refractivity contribution is -0.161. The molecule has 0 saturated carbocycles. The quantitative estimate of drug-likeness (QED) is 0.0222. The number of phosphoric acid groups is 2. The molecule has 0 aromatic heterocycles. The molecular weight excluding hydrogens is 1230 g/mol. The Morgan fingerprint density at radius 3 is 0.809 bits per heavy atom. The van der Waals surface area contributed by atoms with E-state index in [0.717, 1.165) is 102 Å². The van der Waals surface area contributed by atoms with Crippen molar-refractivity contribution in [1.82, 2.24) is 0 Å². The summed E-state index contributed by atoms with van der Waals surface area (Å²) < 4.78 is 68.4. The summed E-state index contributed by atoms with van der Waals surface area (Å²) in [6.07, 6.45) is 54.3. The number of carbonyl (C=O) groups excluding carboxylic acids is 4.